The van der Waals surface area contributed by atoms with Crippen LogP contribution in [0.3, 0.4) is 0 Å². The van der Waals surface area contributed by atoms with Crippen molar-refractivity contribution < 1.29 is 27.5 Å². The van der Waals surface area contributed by atoms with Crippen LogP contribution in [-0.4, -0.2) is 45.4 Å². The van der Waals surface area contributed by atoms with Crippen LogP contribution in [0, 0.1) is 6.92 Å². The van der Waals surface area contributed by atoms with E-state index in [9.17, 15) is 22.8 Å². The highest BCUT2D eigenvalue weighted by Gasteiger charge is 2.35. The van der Waals surface area contributed by atoms with Crippen molar-refractivity contribution >= 4 is 23.8 Å². The molecule has 0 spiro atoms. The van der Waals surface area contributed by atoms with Crippen molar-refractivity contribution in [3.8, 4) is 11.6 Å². The number of hydrogen-bond donors (Lipinski definition) is 2. The molecular formula is C29H26F3N5O3S. The Morgan fingerprint density at radius 2 is 1.95 bits per heavy atom. The van der Waals surface area contributed by atoms with Gasteiger partial charge < -0.3 is 10.1 Å². The zero-order valence-electron chi connectivity index (χ0n) is 21.9. The van der Waals surface area contributed by atoms with Gasteiger partial charge in [-0.25, -0.2) is 9.67 Å². The highest BCUT2D eigenvalue weighted by Crippen LogP contribution is 2.26. The lowest BCUT2D eigenvalue weighted by Gasteiger charge is -2.23. The predicted molar refractivity (Wildman–Crippen MR) is 147 cm³/mol. The van der Waals surface area contributed by atoms with Gasteiger partial charge in [0.25, 0.3) is 11.8 Å². The summed E-state index contributed by atoms with van der Waals surface area (Å²) < 4.78 is 46.6. The molecule has 1 aliphatic heterocycles. The largest absolute Gasteiger partial charge is 0.484 e. The quantitative estimate of drug-likeness (QED) is 0.263. The molecular weight excluding hydrogens is 555 g/mol. The molecule has 2 amide bonds. The van der Waals surface area contributed by atoms with E-state index in [0.717, 1.165) is 28.0 Å². The molecule has 0 bridgehead atoms. The Balaban J connectivity index is 1.35. The van der Waals surface area contributed by atoms with Crippen LogP contribution < -0.4 is 14.8 Å². The molecule has 0 fully saturated rings. The Morgan fingerprint density at radius 1 is 1.15 bits per heavy atom. The summed E-state index contributed by atoms with van der Waals surface area (Å²) in [5.74, 6) is -0.381. The molecule has 2 aromatic heterocycles. The summed E-state index contributed by atoms with van der Waals surface area (Å²) in [7, 11) is 0. The number of carbonyl (C=O) groups excluding carboxylic acids is 2. The summed E-state index contributed by atoms with van der Waals surface area (Å²) in [4.78, 5) is 32.0. The number of ether oxygens (including phenoxy) is 1. The minimum atomic E-state index is -4.42. The summed E-state index contributed by atoms with van der Waals surface area (Å²) in [6, 6.07) is 19.0. The van der Waals surface area contributed by atoms with E-state index in [1.165, 1.54) is 10.7 Å². The van der Waals surface area contributed by atoms with Gasteiger partial charge in [-0.2, -0.15) is 18.3 Å². The van der Waals surface area contributed by atoms with E-state index in [4.69, 9.17) is 4.74 Å². The smallest absolute Gasteiger partial charge is 0.422 e. The van der Waals surface area contributed by atoms with Crippen LogP contribution in [0.1, 0.15) is 44.1 Å². The highest BCUT2D eigenvalue weighted by molar-refractivity contribution is 7.98. The summed E-state index contributed by atoms with van der Waals surface area (Å²) in [6.07, 6.45) is -1.39. The van der Waals surface area contributed by atoms with Gasteiger partial charge in [0, 0.05) is 23.6 Å². The third-order valence-corrected chi connectivity index (χ3v) is 7.17. The molecule has 8 nitrogen and oxygen atoms in total. The van der Waals surface area contributed by atoms with Crippen LogP contribution in [-0.2, 0) is 12.8 Å². The molecule has 0 aliphatic carbocycles. The van der Waals surface area contributed by atoms with Gasteiger partial charge in [-0.1, -0.05) is 36.4 Å². The van der Waals surface area contributed by atoms with Gasteiger partial charge in [0.15, 0.2) is 12.4 Å². The van der Waals surface area contributed by atoms with Gasteiger partial charge >= 0.3 is 6.18 Å². The third-order valence-electron chi connectivity index (χ3n) is 6.37. The van der Waals surface area contributed by atoms with Crippen LogP contribution in [0.5, 0.6) is 5.75 Å². The van der Waals surface area contributed by atoms with Crippen molar-refractivity contribution in [2.45, 2.75) is 43.3 Å². The second-order valence-corrected chi connectivity index (χ2v) is 10.5. The van der Waals surface area contributed by atoms with Crippen LogP contribution in [0.4, 0.5) is 13.2 Å². The number of halogens is 3. The second kappa shape index (κ2) is 12.0. The standard InChI is InChI=1S/C29H26F3N5O3S/c1-18-10-13-24(33-16-18)37-26(28(39)36-41-22-8-3-2-4-9-22)25-23(35-37)15-20(34-27(25)38)12-11-19-6-5-7-21(14-19)40-17-29(30,31)32/h2-10,13-14,16,20H,11-12,15,17H2,1H3,(H,34,38)(H,36,39). The maximum atomic E-state index is 13.4. The van der Waals surface area contributed by atoms with E-state index in [1.54, 1.807) is 30.5 Å². The van der Waals surface area contributed by atoms with Crippen molar-refractivity contribution in [1.29, 1.82) is 0 Å². The number of pyridine rings is 1. The lowest BCUT2D eigenvalue weighted by atomic mass is 9.95. The third kappa shape index (κ3) is 7.07. The number of rotatable bonds is 9. The van der Waals surface area contributed by atoms with E-state index in [-0.39, 0.29) is 23.0 Å². The van der Waals surface area contributed by atoms with Crippen molar-refractivity contribution in [1.82, 2.24) is 24.8 Å². The number of fused-ring (bicyclic) bond motifs is 1. The molecule has 0 saturated carbocycles. The number of benzene rings is 2. The summed E-state index contributed by atoms with van der Waals surface area (Å²) >= 11 is 1.13. The Labute approximate surface area is 238 Å². The van der Waals surface area contributed by atoms with E-state index in [1.807, 2.05) is 43.3 Å². The second-order valence-electron chi connectivity index (χ2n) is 9.59. The molecule has 1 aliphatic rings. The first kappa shape index (κ1) is 28.2. The molecule has 2 N–H and O–H groups in total. The molecule has 1 unspecified atom stereocenters. The minimum Gasteiger partial charge on any atom is -0.484 e. The summed E-state index contributed by atoms with van der Waals surface area (Å²) in [6.45, 7) is 0.529. The van der Waals surface area contributed by atoms with Gasteiger partial charge in [0.1, 0.15) is 11.4 Å². The predicted octanol–water partition coefficient (Wildman–Crippen LogP) is 5.24. The van der Waals surface area contributed by atoms with Crippen molar-refractivity contribution in [2.24, 2.45) is 0 Å². The lowest BCUT2D eigenvalue weighted by Crippen LogP contribution is -2.42. The summed E-state index contributed by atoms with van der Waals surface area (Å²) in [5, 5.41) is 7.61. The SMILES string of the molecule is Cc1ccc(-n2nc3c(c2C(=O)NSc2ccccc2)C(=O)NC(CCc2cccc(OCC(F)(F)F)c2)C3)nc1. The van der Waals surface area contributed by atoms with Gasteiger partial charge in [-0.15, -0.1) is 0 Å². The first-order chi connectivity index (χ1) is 19.7. The maximum absolute atomic E-state index is 13.4. The number of aromatic nitrogens is 3. The molecule has 0 radical (unpaired) electrons. The average Bonchev–Trinajstić information content (AvgIpc) is 3.35. The van der Waals surface area contributed by atoms with Gasteiger partial charge in [-0.05, 0) is 73.2 Å². The van der Waals surface area contributed by atoms with E-state index < -0.39 is 24.6 Å². The van der Waals surface area contributed by atoms with Crippen LogP contribution in [0.2, 0.25) is 0 Å². The van der Waals surface area contributed by atoms with Crippen LogP contribution in [0.25, 0.3) is 5.82 Å². The number of carbonyl (C=O) groups is 2. The normalized spacial score (nSPS) is 14.7. The molecule has 4 aromatic rings. The first-order valence-corrected chi connectivity index (χ1v) is 13.6. The molecule has 212 valence electrons. The molecule has 3 heterocycles. The number of amides is 2. The Bertz CT molecular complexity index is 1540. The van der Waals surface area contributed by atoms with Crippen LogP contribution >= 0.6 is 11.9 Å². The Kier molecular flexibility index (Phi) is 8.29. The lowest BCUT2D eigenvalue weighted by molar-refractivity contribution is -0.153. The highest BCUT2D eigenvalue weighted by atomic mass is 32.2. The average molecular weight is 582 g/mol. The fourth-order valence-electron chi connectivity index (χ4n) is 4.46. The molecule has 1 atom stereocenters. The van der Waals surface area contributed by atoms with Crippen molar-refractivity contribution in [3.05, 3.63) is 101 Å². The molecule has 0 saturated heterocycles. The number of alkyl halides is 3. The Hall–Kier alpha value is -4.32. The fourth-order valence-corrected chi connectivity index (χ4v) is 5.06. The molecule has 12 heteroatoms. The maximum Gasteiger partial charge on any atom is 0.422 e. The first-order valence-electron chi connectivity index (χ1n) is 12.8. The zero-order valence-corrected chi connectivity index (χ0v) is 22.8. The molecule has 41 heavy (non-hydrogen) atoms. The number of nitrogens with one attached hydrogen (secondary N) is 2. The zero-order chi connectivity index (χ0) is 29.0. The fraction of sp³-hybridized carbons (Fsp3) is 0.241. The molecule has 2 aromatic carbocycles. The number of aryl methyl sites for hydroxylation is 2. The van der Waals surface area contributed by atoms with Crippen molar-refractivity contribution in [2.75, 3.05) is 6.61 Å². The minimum absolute atomic E-state index is 0.0882. The van der Waals surface area contributed by atoms with E-state index in [2.05, 4.69) is 20.1 Å². The Morgan fingerprint density at radius 3 is 2.68 bits per heavy atom. The number of nitrogens with zero attached hydrogens (tertiary/aromatic N) is 3. The molecule has 5 rings (SSSR count). The van der Waals surface area contributed by atoms with Crippen molar-refractivity contribution in [3.63, 3.8) is 0 Å². The monoisotopic (exact) mass is 581 g/mol. The number of hydrogen-bond acceptors (Lipinski definition) is 6. The van der Waals surface area contributed by atoms with Gasteiger partial charge in [0.05, 0.1) is 11.3 Å². The van der Waals surface area contributed by atoms with E-state index in [0.29, 0.717) is 30.8 Å². The van der Waals surface area contributed by atoms with Gasteiger partial charge in [-0.3, -0.25) is 14.3 Å². The summed E-state index contributed by atoms with van der Waals surface area (Å²) in [5.41, 5.74) is 2.46. The van der Waals surface area contributed by atoms with E-state index >= 15 is 0 Å². The van der Waals surface area contributed by atoms with Crippen LogP contribution in [0.15, 0.2) is 77.8 Å². The topological polar surface area (TPSA) is 98.1 Å². The van der Waals surface area contributed by atoms with Gasteiger partial charge in [0.2, 0.25) is 0 Å².